The molecule has 2 rings (SSSR count). The van der Waals surface area contributed by atoms with Crippen molar-refractivity contribution in [1.29, 1.82) is 0 Å². The molecule has 0 amide bonds. The predicted octanol–water partition coefficient (Wildman–Crippen LogP) is 4.36. The summed E-state index contributed by atoms with van der Waals surface area (Å²) in [6.07, 6.45) is 0. The van der Waals surface area contributed by atoms with Crippen LogP contribution in [0.3, 0.4) is 0 Å². The lowest BCUT2D eigenvalue weighted by atomic mass is 10.1. The largest absolute Gasteiger partial charge is 0.496 e. The Bertz CT molecular complexity index is 626. The molecule has 112 valence electrons. The minimum absolute atomic E-state index is 0.0373. The predicted molar refractivity (Wildman–Crippen MR) is 88.8 cm³/mol. The zero-order valence-corrected chi connectivity index (χ0v) is 14.1. The molecule has 21 heavy (non-hydrogen) atoms. The Kier molecular flexibility index (Phi) is 5.26. The Morgan fingerprint density at radius 1 is 1.14 bits per heavy atom. The minimum atomic E-state index is 0.0373. The van der Waals surface area contributed by atoms with Crippen LogP contribution in [0.2, 0.25) is 0 Å². The lowest BCUT2D eigenvalue weighted by molar-refractivity contribution is 0.303. The summed E-state index contributed by atoms with van der Waals surface area (Å²) in [5.41, 5.74) is 9.18. The number of aryl methyl sites for hydroxylation is 1. The second-order valence-corrected chi connectivity index (χ2v) is 5.93. The number of hydrogen-bond donors (Lipinski definition) is 1. The van der Waals surface area contributed by atoms with Gasteiger partial charge in [0.05, 0.1) is 11.6 Å². The Morgan fingerprint density at radius 3 is 2.43 bits per heavy atom. The second-order valence-electron chi connectivity index (χ2n) is 5.07. The van der Waals surface area contributed by atoms with E-state index in [1.54, 1.807) is 7.11 Å². The molecule has 0 heterocycles. The number of benzene rings is 2. The Labute approximate surface area is 134 Å². The van der Waals surface area contributed by atoms with Gasteiger partial charge in [-0.15, -0.1) is 0 Å². The van der Waals surface area contributed by atoms with E-state index in [0.29, 0.717) is 6.61 Å². The maximum Gasteiger partial charge on any atom is 0.133 e. The summed E-state index contributed by atoms with van der Waals surface area (Å²) in [6, 6.07) is 12.0. The van der Waals surface area contributed by atoms with E-state index in [-0.39, 0.29) is 6.04 Å². The maximum atomic E-state index is 5.88. The summed E-state index contributed by atoms with van der Waals surface area (Å²) in [7, 11) is 1.65. The topological polar surface area (TPSA) is 44.5 Å². The monoisotopic (exact) mass is 349 g/mol. The zero-order chi connectivity index (χ0) is 15.4. The van der Waals surface area contributed by atoms with Gasteiger partial charge in [-0.1, -0.05) is 18.2 Å². The van der Waals surface area contributed by atoms with E-state index in [2.05, 4.69) is 22.0 Å². The summed E-state index contributed by atoms with van der Waals surface area (Å²) >= 11 is 3.48. The fourth-order valence-electron chi connectivity index (χ4n) is 2.08. The lowest BCUT2D eigenvalue weighted by Crippen LogP contribution is -2.05. The van der Waals surface area contributed by atoms with E-state index >= 15 is 0 Å². The normalized spacial score (nSPS) is 12.0. The molecule has 0 aliphatic rings. The van der Waals surface area contributed by atoms with Gasteiger partial charge in [-0.2, -0.15) is 0 Å². The molecule has 2 aromatic carbocycles. The van der Waals surface area contributed by atoms with Crippen LogP contribution in [0.5, 0.6) is 11.5 Å². The summed E-state index contributed by atoms with van der Waals surface area (Å²) < 4.78 is 12.0. The van der Waals surface area contributed by atoms with Crippen molar-refractivity contribution in [2.45, 2.75) is 26.5 Å². The molecule has 0 aliphatic heterocycles. The van der Waals surface area contributed by atoms with Crippen molar-refractivity contribution in [1.82, 2.24) is 0 Å². The number of methoxy groups -OCH3 is 1. The van der Waals surface area contributed by atoms with E-state index in [9.17, 15) is 0 Å². The summed E-state index contributed by atoms with van der Waals surface area (Å²) in [5.74, 6) is 1.70. The van der Waals surface area contributed by atoms with Crippen LogP contribution >= 0.6 is 15.9 Å². The van der Waals surface area contributed by atoms with Gasteiger partial charge in [0.1, 0.15) is 18.1 Å². The molecule has 0 fully saturated rings. The lowest BCUT2D eigenvalue weighted by Gasteiger charge is -2.13. The highest BCUT2D eigenvalue weighted by Crippen LogP contribution is 2.27. The van der Waals surface area contributed by atoms with Crippen LogP contribution < -0.4 is 15.2 Å². The van der Waals surface area contributed by atoms with Crippen LogP contribution in [-0.4, -0.2) is 7.11 Å². The zero-order valence-electron chi connectivity index (χ0n) is 12.5. The molecule has 1 atom stereocenters. The molecule has 0 aromatic heterocycles. The van der Waals surface area contributed by atoms with Crippen LogP contribution in [0.25, 0.3) is 0 Å². The summed E-state index contributed by atoms with van der Waals surface area (Å²) in [6.45, 7) is 4.52. The third kappa shape index (κ3) is 3.99. The SMILES string of the molecule is COc1ccc(COc2ccc([C@@H](C)N)cc2C)cc1Br. The van der Waals surface area contributed by atoms with E-state index in [0.717, 1.165) is 32.7 Å². The smallest absolute Gasteiger partial charge is 0.133 e. The number of rotatable bonds is 5. The Hall–Kier alpha value is -1.52. The molecule has 2 N–H and O–H groups in total. The van der Waals surface area contributed by atoms with Gasteiger partial charge >= 0.3 is 0 Å². The van der Waals surface area contributed by atoms with Gasteiger partial charge in [0.15, 0.2) is 0 Å². The average Bonchev–Trinajstić information content (AvgIpc) is 2.46. The third-order valence-corrected chi connectivity index (χ3v) is 3.96. The molecule has 0 unspecified atom stereocenters. The molecule has 0 aliphatic carbocycles. The van der Waals surface area contributed by atoms with Crippen LogP contribution in [0.1, 0.15) is 29.7 Å². The van der Waals surface area contributed by atoms with Crippen LogP contribution in [-0.2, 0) is 6.61 Å². The molecule has 0 bridgehead atoms. The highest BCUT2D eigenvalue weighted by atomic mass is 79.9. The number of hydrogen-bond acceptors (Lipinski definition) is 3. The minimum Gasteiger partial charge on any atom is -0.496 e. The molecular formula is C17H20BrNO2. The van der Waals surface area contributed by atoms with E-state index in [1.165, 1.54) is 0 Å². The highest BCUT2D eigenvalue weighted by molar-refractivity contribution is 9.10. The van der Waals surface area contributed by atoms with E-state index in [4.69, 9.17) is 15.2 Å². The van der Waals surface area contributed by atoms with E-state index < -0.39 is 0 Å². The standard InChI is InChI=1S/C17H20BrNO2/c1-11-8-14(12(2)19)5-7-16(11)21-10-13-4-6-17(20-3)15(18)9-13/h4-9,12H,10,19H2,1-3H3/t12-/m1/s1. The second kappa shape index (κ2) is 6.96. The number of nitrogens with two attached hydrogens (primary N) is 1. The molecule has 3 nitrogen and oxygen atoms in total. The molecule has 0 radical (unpaired) electrons. The van der Waals surface area contributed by atoms with Gasteiger partial charge < -0.3 is 15.2 Å². The van der Waals surface area contributed by atoms with Crippen molar-refractivity contribution in [3.63, 3.8) is 0 Å². The molecule has 0 saturated heterocycles. The first-order valence-corrected chi connectivity index (χ1v) is 7.62. The molecule has 0 spiro atoms. The van der Waals surface area contributed by atoms with E-state index in [1.807, 2.05) is 44.2 Å². The summed E-state index contributed by atoms with van der Waals surface area (Å²) in [5, 5.41) is 0. The van der Waals surface area contributed by atoms with Gasteiger partial charge in [0.2, 0.25) is 0 Å². The quantitative estimate of drug-likeness (QED) is 0.871. The Balaban J connectivity index is 2.08. The van der Waals surface area contributed by atoms with Crippen LogP contribution in [0.15, 0.2) is 40.9 Å². The maximum absolute atomic E-state index is 5.88. The first kappa shape index (κ1) is 15.9. The first-order valence-electron chi connectivity index (χ1n) is 6.82. The fraction of sp³-hybridized carbons (Fsp3) is 0.294. The van der Waals surface area contributed by atoms with Crippen LogP contribution in [0.4, 0.5) is 0 Å². The molecule has 4 heteroatoms. The highest BCUT2D eigenvalue weighted by Gasteiger charge is 2.06. The van der Waals surface area contributed by atoms with Gasteiger partial charge in [-0.25, -0.2) is 0 Å². The summed E-state index contributed by atoms with van der Waals surface area (Å²) in [4.78, 5) is 0. The molecule has 0 saturated carbocycles. The first-order chi connectivity index (χ1) is 10.0. The Morgan fingerprint density at radius 2 is 1.86 bits per heavy atom. The fourth-order valence-corrected chi connectivity index (χ4v) is 2.67. The van der Waals surface area contributed by atoms with Gasteiger partial charge in [-0.05, 0) is 64.7 Å². The van der Waals surface area contributed by atoms with Crippen molar-refractivity contribution in [3.8, 4) is 11.5 Å². The molecular weight excluding hydrogens is 330 g/mol. The number of halogens is 1. The van der Waals surface area contributed by atoms with Crippen LogP contribution in [0, 0.1) is 6.92 Å². The number of ether oxygens (including phenoxy) is 2. The third-order valence-electron chi connectivity index (χ3n) is 3.34. The van der Waals surface area contributed by atoms with Gasteiger partial charge in [0, 0.05) is 6.04 Å². The van der Waals surface area contributed by atoms with Crippen molar-refractivity contribution < 1.29 is 9.47 Å². The van der Waals surface area contributed by atoms with Crippen molar-refractivity contribution in [3.05, 3.63) is 57.6 Å². The van der Waals surface area contributed by atoms with Crippen molar-refractivity contribution >= 4 is 15.9 Å². The van der Waals surface area contributed by atoms with Crippen molar-refractivity contribution in [2.75, 3.05) is 7.11 Å². The van der Waals surface area contributed by atoms with Gasteiger partial charge in [0.25, 0.3) is 0 Å². The van der Waals surface area contributed by atoms with Crippen molar-refractivity contribution in [2.24, 2.45) is 5.73 Å². The average molecular weight is 350 g/mol. The van der Waals surface area contributed by atoms with Gasteiger partial charge in [-0.3, -0.25) is 0 Å². The molecule has 2 aromatic rings.